The lowest BCUT2D eigenvalue weighted by Gasteiger charge is -2.16. The summed E-state index contributed by atoms with van der Waals surface area (Å²) < 4.78 is 12.6. The molecule has 3 rings (SSSR count). The number of amides is 1. The third-order valence-electron chi connectivity index (χ3n) is 3.76. The molecule has 0 aliphatic rings. The first kappa shape index (κ1) is 20.7. The minimum absolute atomic E-state index is 0.0437. The van der Waals surface area contributed by atoms with Crippen LogP contribution in [0, 0.1) is 0 Å². The largest absolute Gasteiger partial charge is 0.497 e. The van der Waals surface area contributed by atoms with E-state index in [4.69, 9.17) is 9.47 Å². The van der Waals surface area contributed by atoms with Gasteiger partial charge in [0.05, 0.1) is 14.2 Å². The Balaban J connectivity index is 1.80. The number of fused-ring (bicyclic) bond motifs is 1. The van der Waals surface area contributed by atoms with E-state index in [-0.39, 0.29) is 11.3 Å². The van der Waals surface area contributed by atoms with Crippen LogP contribution < -0.4 is 20.5 Å². The zero-order valence-electron chi connectivity index (χ0n) is 16.9. The molecule has 154 valence electrons. The molecular formula is C19H23N5O4S. The Morgan fingerprint density at radius 3 is 2.34 bits per heavy atom. The number of carbonyl (C=O) groups is 1. The fourth-order valence-corrected chi connectivity index (χ4v) is 3.47. The Morgan fingerprint density at radius 1 is 1.10 bits per heavy atom. The van der Waals surface area contributed by atoms with Gasteiger partial charge in [-0.25, -0.2) is 9.48 Å². The first-order chi connectivity index (χ1) is 13.7. The number of hydrogen-bond donors (Lipinski definition) is 1. The predicted molar refractivity (Wildman–Crippen MR) is 111 cm³/mol. The Morgan fingerprint density at radius 2 is 1.76 bits per heavy atom. The minimum atomic E-state index is -0.477. The van der Waals surface area contributed by atoms with Gasteiger partial charge in [-0.3, -0.25) is 4.79 Å². The summed E-state index contributed by atoms with van der Waals surface area (Å²) >= 11 is 1.55. The Labute approximate surface area is 172 Å². The van der Waals surface area contributed by atoms with Gasteiger partial charge in [-0.2, -0.15) is 9.61 Å². The number of aromatic nitrogens is 4. The van der Waals surface area contributed by atoms with Gasteiger partial charge in [0.25, 0.3) is 0 Å². The summed E-state index contributed by atoms with van der Waals surface area (Å²) in [6, 6.07) is 8.53. The molecule has 0 saturated carbocycles. The fourth-order valence-electron chi connectivity index (χ4n) is 2.58. The number of methoxy groups -OCH3 is 2. The first-order valence-electron chi connectivity index (χ1n) is 8.87. The number of ether oxygens (including phenoxy) is 2. The van der Waals surface area contributed by atoms with Crippen molar-refractivity contribution in [3.05, 3.63) is 40.8 Å². The highest BCUT2D eigenvalue weighted by Crippen LogP contribution is 2.30. The van der Waals surface area contributed by atoms with Crippen LogP contribution in [0.1, 0.15) is 20.8 Å². The summed E-state index contributed by atoms with van der Waals surface area (Å²) in [5, 5.41) is 11.9. The molecule has 0 aliphatic carbocycles. The zero-order chi connectivity index (χ0) is 21.2. The van der Waals surface area contributed by atoms with Crippen LogP contribution in [0.3, 0.4) is 0 Å². The summed E-state index contributed by atoms with van der Waals surface area (Å²) in [4.78, 5) is 25.0. The second kappa shape index (κ2) is 8.16. The second-order valence-corrected chi connectivity index (χ2v) is 9.09. The van der Waals surface area contributed by atoms with Crippen LogP contribution in [-0.4, -0.2) is 44.3 Å². The van der Waals surface area contributed by atoms with Crippen LogP contribution in [0.5, 0.6) is 11.5 Å². The first-order valence-corrected chi connectivity index (χ1v) is 9.69. The minimum Gasteiger partial charge on any atom is -0.497 e. The molecule has 0 fully saturated rings. The highest BCUT2D eigenvalue weighted by molar-refractivity contribution is 8.00. The molecule has 1 amide bonds. The third-order valence-corrected chi connectivity index (χ3v) is 4.79. The van der Waals surface area contributed by atoms with E-state index in [1.54, 1.807) is 36.0 Å². The van der Waals surface area contributed by atoms with Crippen LogP contribution in [-0.2, 0) is 11.3 Å². The lowest BCUT2D eigenvalue weighted by atomic mass is 10.2. The number of benzene rings is 1. The number of thioether (sulfide) groups is 1. The number of rotatable bonds is 6. The highest BCUT2D eigenvalue weighted by atomic mass is 32.2. The van der Waals surface area contributed by atoms with E-state index in [0.29, 0.717) is 27.9 Å². The fraction of sp³-hybridized carbons (Fsp3) is 0.368. The molecular weight excluding hydrogens is 394 g/mol. The van der Waals surface area contributed by atoms with Crippen molar-refractivity contribution in [1.82, 2.24) is 19.4 Å². The van der Waals surface area contributed by atoms with Crippen molar-refractivity contribution in [3.63, 3.8) is 0 Å². The van der Waals surface area contributed by atoms with Gasteiger partial charge >= 0.3 is 5.69 Å². The summed E-state index contributed by atoms with van der Waals surface area (Å²) in [5.74, 6) is 0.672. The predicted octanol–water partition coefficient (Wildman–Crippen LogP) is 2.44. The third kappa shape index (κ3) is 5.08. The maximum atomic E-state index is 12.6. The second-order valence-electron chi connectivity index (χ2n) is 7.25. The molecule has 0 spiro atoms. The standard InChI is InChI=1S/C19H23N5O4S/c1-19(2,3)29-17-7-6-15-21-23(18(26)24(15)22-17)11-16(25)20-12-8-13(27-4)10-14(9-12)28-5/h6-10H,11H2,1-5H3,(H,20,25). The maximum absolute atomic E-state index is 12.6. The van der Waals surface area contributed by atoms with Crippen molar-refractivity contribution >= 4 is 29.0 Å². The van der Waals surface area contributed by atoms with Gasteiger partial charge in [0.2, 0.25) is 5.91 Å². The molecule has 0 unspecified atom stereocenters. The Kier molecular flexibility index (Phi) is 5.83. The SMILES string of the molecule is COc1cc(NC(=O)Cn2nc3ccc(SC(C)(C)C)nn3c2=O)cc(OC)c1. The van der Waals surface area contributed by atoms with E-state index in [1.165, 1.54) is 18.7 Å². The molecule has 2 aromatic heterocycles. The molecule has 0 aliphatic heterocycles. The van der Waals surface area contributed by atoms with E-state index >= 15 is 0 Å². The van der Waals surface area contributed by atoms with Crippen LogP contribution in [0.4, 0.5) is 5.69 Å². The average Bonchev–Trinajstić information content (AvgIpc) is 2.95. The smallest absolute Gasteiger partial charge is 0.367 e. The van der Waals surface area contributed by atoms with Crippen LogP contribution in [0.2, 0.25) is 0 Å². The maximum Gasteiger partial charge on any atom is 0.367 e. The molecule has 29 heavy (non-hydrogen) atoms. The molecule has 2 heterocycles. The number of nitrogens with one attached hydrogen (secondary N) is 1. The van der Waals surface area contributed by atoms with Gasteiger partial charge in [0, 0.05) is 28.6 Å². The topological polar surface area (TPSA) is 99.7 Å². The van der Waals surface area contributed by atoms with Gasteiger partial charge < -0.3 is 14.8 Å². The van der Waals surface area contributed by atoms with Crippen molar-refractivity contribution in [2.24, 2.45) is 0 Å². The summed E-state index contributed by atoms with van der Waals surface area (Å²) in [5.41, 5.74) is 0.392. The highest BCUT2D eigenvalue weighted by Gasteiger charge is 2.16. The quantitative estimate of drug-likeness (QED) is 0.615. The van der Waals surface area contributed by atoms with Gasteiger partial charge in [-0.05, 0) is 12.1 Å². The van der Waals surface area contributed by atoms with E-state index in [2.05, 4.69) is 36.3 Å². The van der Waals surface area contributed by atoms with Crippen molar-refractivity contribution in [3.8, 4) is 11.5 Å². The number of hydrogen-bond acceptors (Lipinski definition) is 7. The lowest BCUT2D eigenvalue weighted by molar-refractivity contribution is -0.117. The molecule has 1 N–H and O–H groups in total. The molecule has 10 heteroatoms. The van der Waals surface area contributed by atoms with E-state index in [0.717, 1.165) is 4.68 Å². The lowest BCUT2D eigenvalue weighted by Crippen LogP contribution is -2.29. The van der Waals surface area contributed by atoms with Crippen molar-refractivity contribution in [1.29, 1.82) is 0 Å². The molecule has 0 bridgehead atoms. The van der Waals surface area contributed by atoms with E-state index < -0.39 is 11.6 Å². The normalized spacial score (nSPS) is 11.5. The molecule has 9 nitrogen and oxygen atoms in total. The zero-order valence-corrected chi connectivity index (χ0v) is 17.7. The molecule has 0 atom stereocenters. The van der Waals surface area contributed by atoms with Crippen LogP contribution >= 0.6 is 11.8 Å². The van der Waals surface area contributed by atoms with Gasteiger partial charge in [0.15, 0.2) is 5.65 Å². The molecule has 3 aromatic rings. The Bertz CT molecular complexity index is 1080. The van der Waals surface area contributed by atoms with Gasteiger partial charge in [0.1, 0.15) is 23.1 Å². The van der Waals surface area contributed by atoms with E-state index in [1.807, 2.05) is 6.07 Å². The monoisotopic (exact) mass is 417 g/mol. The van der Waals surface area contributed by atoms with Crippen LogP contribution in [0.25, 0.3) is 5.65 Å². The van der Waals surface area contributed by atoms with E-state index in [9.17, 15) is 9.59 Å². The summed E-state index contributed by atoms with van der Waals surface area (Å²) in [6.45, 7) is 5.94. The molecule has 0 radical (unpaired) electrons. The molecule has 1 aromatic carbocycles. The molecule has 0 saturated heterocycles. The van der Waals surface area contributed by atoms with Crippen molar-refractivity contribution < 1.29 is 14.3 Å². The van der Waals surface area contributed by atoms with Crippen LogP contribution in [0.15, 0.2) is 40.2 Å². The van der Waals surface area contributed by atoms with Gasteiger partial charge in [-0.1, -0.05) is 32.5 Å². The summed E-state index contributed by atoms with van der Waals surface area (Å²) in [7, 11) is 3.05. The van der Waals surface area contributed by atoms with Crippen molar-refractivity contribution in [2.75, 3.05) is 19.5 Å². The number of nitrogens with zero attached hydrogens (tertiary/aromatic N) is 4. The average molecular weight is 417 g/mol. The number of anilines is 1. The van der Waals surface area contributed by atoms with Crippen molar-refractivity contribution in [2.45, 2.75) is 37.1 Å². The Hall–Kier alpha value is -3.01. The van der Waals surface area contributed by atoms with Gasteiger partial charge in [-0.15, -0.1) is 5.10 Å². The summed E-state index contributed by atoms with van der Waals surface area (Å²) in [6.07, 6.45) is 0. The number of carbonyl (C=O) groups excluding carboxylic acids is 1.